The summed E-state index contributed by atoms with van der Waals surface area (Å²) in [5.41, 5.74) is -2.28. The van der Waals surface area contributed by atoms with Crippen LogP contribution in [0.25, 0.3) is 0 Å². The van der Waals surface area contributed by atoms with Crippen molar-refractivity contribution in [2.45, 2.75) is 160 Å². The van der Waals surface area contributed by atoms with Crippen molar-refractivity contribution in [2.24, 2.45) is 28.6 Å². The Kier molecular flexibility index (Phi) is 6.31. The number of fused-ring (bicyclic) bond motifs is 6. The second-order valence-corrected chi connectivity index (χ2v) is 16.3. The first kappa shape index (κ1) is 29.3. The van der Waals surface area contributed by atoms with Crippen molar-refractivity contribution in [3.05, 3.63) is 11.6 Å². The number of carbonyl (C=O) groups excluding carboxylic acids is 1. The minimum atomic E-state index is -1.08. The number of hydrogen-bond donors (Lipinski definition) is 2. The van der Waals surface area contributed by atoms with E-state index < -0.39 is 33.8 Å². The maximum Gasteiger partial charge on any atom is 0.164 e. The molecule has 2 aliphatic heterocycles. The molecule has 10 atom stereocenters. The Morgan fingerprint density at radius 2 is 1.60 bits per heavy atom. The molecule has 5 fully saturated rings. The molecule has 7 heteroatoms. The van der Waals surface area contributed by atoms with Crippen molar-refractivity contribution in [1.29, 1.82) is 0 Å². The highest BCUT2D eigenvalue weighted by atomic mass is 16.8. The molecule has 0 aromatic carbocycles. The highest BCUT2D eigenvalue weighted by Crippen LogP contribution is 2.70. The van der Waals surface area contributed by atoms with Gasteiger partial charge in [0.25, 0.3) is 0 Å². The van der Waals surface area contributed by atoms with Gasteiger partial charge in [-0.15, -0.1) is 0 Å². The lowest BCUT2D eigenvalue weighted by Gasteiger charge is -2.60. The van der Waals surface area contributed by atoms with Crippen LogP contribution in [-0.2, 0) is 23.7 Å². The van der Waals surface area contributed by atoms with Gasteiger partial charge < -0.3 is 29.2 Å². The van der Waals surface area contributed by atoms with E-state index in [1.165, 1.54) is 0 Å². The van der Waals surface area contributed by atoms with Crippen molar-refractivity contribution in [1.82, 2.24) is 0 Å². The van der Waals surface area contributed by atoms with E-state index in [4.69, 9.17) is 18.9 Å². The molecule has 2 saturated heterocycles. The minimum Gasteiger partial charge on any atom is -0.390 e. The van der Waals surface area contributed by atoms with Gasteiger partial charge in [0.15, 0.2) is 17.4 Å². The third-order valence-electron chi connectivity index (χ3n) is 12.2. The van der Waals surface area contributed by atoms with Crippen LogP contribution in [-0.4, -0.2) is 62.7 Å². The fraction of sp³-hybridized carbons (Fsp3) is 0.909. The van der Waals surface area contributed by atoms with Gasteiger partial charge in [0.1, 0.15) is 0 Å². The van der Waals surface area contributed by atoms with E-state index in [0.29, 0.717) is 25.7 Å². The topological polar surface area (TPSA) is 94.5 Å². The zero-order valence-electron chi connectivity index (χ0n) is 26.1. The van der Waals surface area contributed by atoms with Crippen LogP contribution in [0.4, 0.5) is 0 Å². The number of rotatable bonds is 4. The predicted octanol–water partition coefficient (Wildman–Crippen LogP) is 5.45. The van der Waals surface area contributed by atoms with Crippen LogP contribution < -0.4 is 0 Å². The first-order chi connectivity index (χ1) is 18.2. The van der Waals surface area contributed by atoms with E-state index in [1.807, 2.05) is 47.6 Å². The van der Waals surface area contributed by atoms with Gasteiger partial charge >= 0.3 is 0 Å². The van der Waals surface area contributed by atoms with Crippen LogP contribution in [0.2, 0.25) is 0 Å². The predicted molar refractivity (Wildman–Crippen MR) is 150 cm³/mol. The molecular weight excluding hydrogens is 508 g/mol. The normalized spacial score (nSPS) is 51.1. The van der Waals surface area contributed by atoms with Gasteiger partial charge in [-0.1, -0.05) is 13.8 Å². The molecule has 0 amide bonds. The summed E-state index contributed by atoms with van der Waals surface area (Å²) in [6, 6.07) is 0. The average Bonchev–Trinajstić information content (AvgIpc) is 3.34. The van der Waals surface area contributed by atoms with E-state index in [-0.39, 0.29) is 47.3 Å². The molecule has 0 aromatic heterocycles. The summed E-state index contributed by atoms with van der Waals surface area (Å²) in [6.07, 6.45) is 7.51. The molecule has 0 radical (unpaired) electrons. The summed E-state index contributed by atoms with van der Waals surface area (Å²) in [5.74, 6) is -1.17. The number of aliphatic hydroxyl groups is 2. The Morgan fingerprint density at radius 3 is 2.27 bits per heavy atom. The van der Waals surface area contributed by atoms with Crippen molar-refractivity contribution in [3.63, 3.8) is 0 Å². The van der Waals surface area contributed by atoms with Gasteiger partial charge in [-0.3, -0.25) is 4.79 Å². The van der Waals surface area contributed by atoms with Gasteiger partial charge in [-0.2, -0.15) is 0 Å². The third kappa shape index (κ3) is 4.16. The fourth-order valence-electron chi connectivity index (χ4n) is 10.5. The van der Waals surface area contributed by atoms with E-state index in [9.17, 15) is 15.0 Å². The zero-order valence-corrected chi connectivity index (χ0v) is 26.1. The maximum absolute atomic E-state index is 13.8. The van der Waals surface area contributed by atoms with E-state index in [0.717, 1.165) is 31.3 Å². The molecule has 40 heavy (non-hydrogen) atoms. The molecule has 0 spiro atoms. The second-order valence-electron chi connectivity index (χ2n) is 16.3. The van der Waals surface area contributed by atoms with Crippen molar-refractivity contribution >= 4 is 5.78 Å². The zero-order chi connectivity index (χ0) is 29.3. The molecule has 226 valence electrons. The minimum absolute atomic E-state index is 0.0237. The average molecular weight is 561 g/mol. The van der Waals surface area contributed by atoms with Crippen molar-refractivity contribution < 1.29 is 34.0 Å². The molecular formula is C33H52O7. The van der Waals surface area contributed by atoms with Crippen molar-refractivity contribution in [2.75, 3.05) is 0 Å². The number of carbonyl (C=O) groups is 1. The smallest absolute Gasteiger partial charge is 0.164 e. The lowest BCUT2D eigenvalue weighted by Crippen LogP contribution is -2.62. The van der Waals surface area contributed by atoms with Gasteiger partial charge in [-0.05, 0) is 129 Å². The quantitative estimate of drug-likeness (QED) is 0.472. The molecule has 6 aliphatic rings. The first-order valence-electron chi connectivity index (χ1n) is 15.7. The van der Waals surface area contributed by atoms with E-state index in [2.05, 4.69) is 20.8 Å². The molecule has 4 unspecified atom stereocenters. The van der Waals surface area contributed by atoms with E-state index in [1.54, 1.807) is 0 Å². The first-order valence-corrected chi connectivity index (χ1v) is 15.7. The monoisotopic (exact) mass is 560 g/mol. The molecule has 2 N–H and O–H groups in total. The summed E-state index contributed by atoms with van der Waals surface area (Å²) < 4.78 is 25.8. The molecule has 6 rings (SSSR count). The Bertz CT molecular complexity index is 1100. The highest BCUT2D eigenvalue weighted by Gasteiger charge is 2.71. The van der Waals surface area contributed by atoms with Crippen LogP contribution in [0.15, 0.2) is 11.6 Å². The van der Waals surface area contributed by atoms with Gasteiger partial charge in [0.2, 0.25) is 0 Å². The molecule has 0 aromatic rings. The van der Waals surface area contributed by atoms with Crippen LogP contribution in [0.5, 0.6) is 0 Å². The van der Waals surface area contributed by atoms with Gasteiger partial charge in [-0.25, -0.2) is 0 Å². The van der Waals surface area contributed by atoms with Gasteiger partial charge in [0, 0.05) is 11.3 Å². The van der Waals surface area contributed by atoms with Crippen LogP contribution in [0.3, 0.4) is 0 Å². The lowest BCUT2D eigenvalue weighted by atomic mass is 9.45. The fourth-order valence-corrected chi connectivity index (χ4v) is 10.5. The lowest BCUT2D eigenvalue weighted by molar-refractivity contribution is -0.190. The van der Waals surface area contributed by atoms with Gasteiger partial charge in [0.05, 0.1) is 35.1 Å². The maximum atomic E-state index is 13.8. The molecule has 7 nitrogen and oxygen atoms in total. The summed E-state index contributed by atoms with van der Waals surface area (Å²) in [7, 11) is 0. The van der Waals surface area contributed by atoms with Crippen LogP contribution >= 0.6 is 0 Å². The molecule has 0 bridgehead atoms. The Balaban J connectivity index is 1.33. The highest BCUT2D eigenvalue weighted by molar-refractivity contribution is 5.95. The number of allylic oxidation sites excluding steroid dienone is 1. The molecule has 4 aliphatic carbocycles. The van der Waals surface area contributed by atoms with Crippen molar-refractivity contribution in [3.8, 4) is 0 Å². The number of ketones is 1. The summed E-state index contributed by atoms with van der Waals surface area (Å²) in [5, 5.41) is 23.3. The third-order valence-corrected chi connectivity index (χ3v) is 12.2. The van der Waals surface area contributed by atoms with E-state index >= 15 is 0 Å². The molecule has 2 heterocycles. The van der Waals surface area contributed by atoms with Crippen LogP contribution in [0, 0.1) is 28.6 Å². The Hall–Kier alpha value is -0.830. The Labute approximate surface area is 240 Å². The number of hydrogen-bond acceptors (Lipinski definition) is 7. The second kappa shape index (κ2) is 8.63. The largest absolute Gasteiger partial charge is 0.390 e. The SMILES string of the molecule is CC(C)(O)CC[C@H]1OC(C)(C)OC1(C)C1CC[C@@]2(O)C3=CC(=O)C4C[C@H]5OC(C)(C)O[C@H]5C[C@]4(C)C3CC[C@]12C. The molecule has 3 saturated carbocycles. The standard InChI is InChI=1S/C33H52O7/c1-27(2,35)13-12-26-32(9,40-29(5,6)39-26)25-11-15-33(36)20-16-22(34)21-17-23-24(38-28(3,4)37-23)18-30(21,7)19(20)10-14-31(25,33)8/h16,19,21,23-26,35-36H,10-15,17-18H2,1-9H3/t19?,21?,23-,24+,25?,26-,30-,31-,32?,33-/m1/s1. The summed E-state index contributed by atoms with van der Waals surface area (Å²) in [6.45, 7) is 18.2. The number of ether oxygens (including phenoxy) is 4. The summed E-state index contributed by atoms with van der Waals surface area (Å²) >= 11 is 0. The van der Waals surface area contributed by atoms with Crippen LogP contribution in [0.1, 0.15) is 114 Å². The Morgan fingerprint density at radius 1 is 0.925 bits per heavy atom. The summed E-state index contributed by atoms with van der Waals surface area (Å²) in [4.78, 5) is 13.8.